The van der Waals surface area contributed by atoms with Crippen molar-refractivity contribution in [1.82, 2.24) is 10.2 Å². The summed E-state index contributed by atoms with van der Waals surface area (Å²) in [7, 11) is 1.52. The van der Waals surface area contributed by atoms with Gasteiger partial charge in [-0.05, 0) is 30.1 Å². The number of nitrogens with zero attached hydrogens (tertiary/aromatic N) is 2. The molecule has 3 aliphatic carbocycles. The molecule has 1 fully saturated rings. The maximum Gasteiger partial charge on any atom is 0.264 e. The van der Waals surface area contributed by atoms with Gasteiger partial charge in [0.25, 0.3) is 5.91 Å². The molecule has 34 heavy (non-hydrogen) atoms. The summed E-state index contributed by atoms with van der Waals surface area (Å²) >= 11 is 0. The van der Waals surface area contributed by atoms with Crippen LogP contribution >= 0.6 is 0 Å². The predicted octanol–water partition coefficient (Wildman–Crippen LogP) is 3.09. The van der Waals surface area contributed by atoms with Crippen molar-refractivity contribution in [3.63, 3.8) is 0 Å². The molecule has 1 saturated heterocycles. The molecule has 0 saturated carbocycles. The fourth-order valence-corrected chi connectivity index (χ4v) is 6.30. The maximum absolute atomic E-state index is 13.5. The third-order valence-corrected chi connectivity index (χ3v) is 7.97. The minimum atomic E-state index is -1.81. The van der Waals surface area contributed by atoms with Crippen molar-refractivity contribution in [2.24, 2.45) is 5.92 Å². The van der Waals surface area contributed by atoms with Crippen LogP contribution < -0.4 is 10.2 Å². The van der Waals surface area contributed by atoms with E-state index in [4.69, 9.17) is 0 Å². The van der Waals surface area contributed by atoms with E-state index in [1.165, 1.54) is 29.5 Å². The number of amides is 2. The molecular formula is C28H29N3O3. The molecule has 1 aromatic rings. The monoisotopic (exact) mass is 455 g/mol. The molecule has 2 N–H and O–H groups in total. The molecule has 0 spiro atoms. The summed E-state index contributed by atoms with van der Waals surface area (Å²) in [6, 6.07) is 7.34. The Balaban J connectivity index is 1.23. The number of hydrogen-bond donors (Lipinski definition) is 2. The normalized spacial score (nSPS) is 27.6. The van der Waals surface area contributed by atoms with Gasteiger partial charge in [0.15, 0.2) is 5.60 Å². The van der Waals surface area contributed by atoms with Crippen molar-refractivity contribution in [3.05, 3.63) is 88.7 Å². The molecule has 2 atom stereocenters. The summed E-state index contributed by atoms with van der Waals surface area (Å²) in [5.74, 6) is -0.337. The van der Waals surface area contributed by atoms with Crippen molar-refractivity contribution < 1.29 is 14.7 Å². The standard InChI is InChI=1S/C28H29N3O3/c1-29-25(32)17-28(34)22-10-2-3-11-23(22)31(27(28)33)20-12-14-30(15-13-20)24-16-19-8-4-6-18-7-5-9-21(24)26(18)19/h2-11,20,26,34H,12-17H2,1H3,(H,29,32). The number of benzene rings is 1. The first kappa shape index (κ1) is 21.2. The summed E-state index contributed by atoms with van der Waals surface area (Å²) in [6.07, 6.45) is 15.6. The van der Waals surface area contributed by atoms with Gasteiger partial charge in [0.05, 0.1) is 12.1 Å². The molecule has 2 unspecified atom stereocenters. The zero-order chi connectivity index (χ0) is 23.4. The lowest BCUT2D eigenvalue weighted by Crippen LogP contribution is -2.50. The van der Waals surface area contributed by atoms with Crippen LogP contribution in [0.15, 0.2) is 83.1 Å². The second-order valence-electron chi connectivity index (χ2n) is 9.76. The highest BCUT2D eigenvalue weighted by Crippen LogP contribution is 2.48. The Labute approximate surface area is 199 Å². The van der Waals surface area contributed by atoms with Crippen LogP contribution in [0.2, 0.25) is 0 Å². The zero-order valence-electron chi connectivity index (χ0n) is 19.3. The largest absolute Gasteiger partial charge is 0.375 e. The summed E-state index contributed by atoms with van der Waals surface area (Å²) in [4.78, 5) is 29.9. The molecule has 1 aromatic carbocycles. The minimum Gasteiger partial charge on any atom is -0.375 e. The van der Waals surface area contributed by atoms with Crippen LogP contribution in [0, 0.1) is 5.92 Å². The Morgan fingerprint density at radius 1 is 1.15 bits per heavy atom. The molecule has 0 radical (unpaired) electrons. The van der Waals surface area contributed by atoms with Gasteiger partial charge in [0, 0.05) is 49.8 Å². The van der Waals surface area contributed by atoms with E-state index >= 15 is 0 Å². The van der Waals surface area contributed by atoms with Crippen molar-refractivity contribution in [2.75, 3.05) is 25.0 Å². The fraction of sp³-hybridized carbons (Fsp3) is 0.357. The van der Waals surface area contributed by atoms with Gasteiger partial charge in [-0.3, -0.25) is 9.59 Å². The van der Waals surface area contributed by atoms with E-state index in [1.54, 1.807) is 11.0 Å². The van der Waals surface area contributed by atoms with E-state index < -0.39 is 5.60 Å². The molecule has 6 nitrogen and oxygen atoms in total. The van der Waals surface area contributed by atoms with Crippen LogP contribution in [0.3, 0.4) is 0 Å². The lowest BCUT2D eigenvalue weighted by Gasteiger charge is -2.39. The zero-order valence-corrected chi connectivity index (χ0v) is 19.3. The molecule has 0 bridgehead atoms. The minimum absolute atomic E-state index is 0.00358. The van der Waals surface area contributed by atoms with Gasteiger partial charge in [-0.15, -0.1) is 0 Å². The van der Waals surface area contributed by atoms with Crippen LogP contribution in [0.4, 0.5) is 5.69 Å². The molecule has 174 valence electrons. The highest BCUT2D eigenvalue weighted by molar-refractivity contribution is 6.09. The quantitative estimate of drug-likeness (QED) is 0.732. The topological polar surface area (TPSA) is 72.9 Å². The Hall–Kier alpha value is -3.38. The highest BCUT2D eigenvalue weighted by atomic mass is 16.3. The van der Waals surface area contributed by atoms with Crippen LogP contribution in [-0.4, -0.2) is 48.0 Å². The number of fused-ring (bicyclic) bond motifs is 1. The molecule has 5 aliphatic rings. The van der Waals surface area contributed by atoms with Crippen LogP contribution in [0.5, 0.6) is 0 Å². The number of rotatable bonds is 4. The molecule has 6 heteroatoms. The molecule has 0 aromatic heterocycles. The van der Waals surface area contributed by atoms with Crippen molar-refractivity contribution in [3.8, 4) is 0 Å². The maximum atomic E-state index is 13.5. The smallest absolute Gasteiger partial charge is 0.264 e. The second-order valence-corrected chi connectivity index (χ2v) is 9.76. The number of carbonyl (C=O) groups is 2. The van der Waals surface area contributed by atoms with Crippen molar-refractivity contribution in [2.45, 2.75) is 37.3 Å². The van der Waals surface area contributed by atoms with Gasteiger partial charge in [-0.25, -0.2) is 0 Å². The number of anilines is 1. The van der Waals surface area contributed by atoms with Crippen molar-refractivity contribution in [1.29, 1.82) is 0 Å². The van der Waals surface area contributed by atoms with Gasteiger partial charge in [0.2, 0.25) is 5.91 Å². The molecule has 2 heterocycles. The summed E-state index contributed by atoms with van der Waals surface area (Å²) in [5, 5.41) is 13.9. The number of likely N-dealkylation sites (tertiary alicyclic amines) is 1. The second kappa shape index (κ2) is 7.84. The van der Waals surface area contributed by atoms with Crippen LogP contribution in [-0.2, 0) is 15.2 Å². The molecule has 2 aliphatic heterocycles. The first-order valence-corrected chi connectivity index (χ1v) is 12.1. The fourth-order valence-electron chi connectivity index (χ4n) is 6.30. The Bertz CT molecular complexity index is 1230. The van der Waals surface area contributed by atoms with Crippen LogP contribution in [0.1, 0.15) is 31.2 Å². The van der Waals surface area contributed by atoms with Crippen LogP contribution in [0.25, 0.3) is 0 Å². The van der Waals surface area contributed by atoms with Gasteiger partial charge in [0.1, 0.15) is 0 Å². The third-order valence-electron chi connectivity index (χ3n) is 7.97. The average Bonchev–Trinajstić information content (AvgIpc) is 3.34. The summed E-state index contributed by atoms with van der Waals surface area (Å²) in [6.45, 7) is 1.73. The highest BCUT2D eigenvalue weighted by Gasteiger charge is 2.52. The molecule has 6 rings (SSSR count). The molecule has 2 amide bonds. The Morgan fingerprint density at radius 2 is 1.91 bits per heavy atom. The van der Waals surface area contributed by atoms with E-state index in [1.807, 2.05) is 18.2 Å². The number of hydrogen-bond acceptors (Lipinski definition) is 4. The van der Waals surface area contributed by atoms with Gasteiger partial charge >= 0.3 is 0 Å². The van der Waals surface area contributed by atoms with E-state index in [0.717, 1.165) is 38.0 Å². The number of nitrogens with one attached hydrogen (secondary N) is 1. The van der Waals surface area contributed by atoms with Gasteiger partial charge < -0.3 is 20.2 Å². The lowest BCUT2D eigenvalue weighted by atomic mass is 9.82. The van der Waals surface area contributed by atoms with Gasteiger partial charge in [-0.1, -0.05) is 60.2 Å². The Morgan fingerprint density at radius 3 is 2.71 bits per heavy atom. The van der Waals surface area contributed by atoms with E-state index in [9.17, 15) is 14.7 Å². The summed E-state index contributed by atoms with van der Waals surface area (Å²) < 4.78 is 0. The number of allylic oxidation sites excluding steroid dienone is 9. The van der Waals surface area contributed by atoms with Crippen molar-refractivity contribution >= 4 is 17.5 Å². The number of aliphatic hydroxyl groups is 1. The van der Waals surface area contributed by atoms with E-state index in [2.05, 4.69) is 46.7 Å². The Kier molecular flexibility index (Phi) is 4.88. The van der Waals surface area contributed by atoms with E-state index in [-0.39, 0.29) is 24.3 Å². The van der Waals surface area contributed by atoms with E-state index in [0.29, 0.717) is 11.5 Å². The average molecular weight is 456 g/mol. The SMILES string of the molecule is CNC(=O)CC1(O)C(=O)N(C2CCN(C3=C4C=CC=C5C=CC=C(C3)C54)CC2)c2ccccc21. The lowest BCUT2D eigenvalue weighted by molar-refractivity contribution is -0.142. The number of carbonyl (C=O) groups excluding carboxylic acids is 2. The van der Waals surface area contributed by atoms with Gasteiger partial charge in [-0.2, -0.15) is 0 Å². The number of para-hydroxylation sites is 1. The number of piperidine rings is 1. The molecular weight excluding hydrogens is 426 g/mol. The first-order chi connectivity index (χ1) is 16.5. The first-order valence-electron chi connectivity index (χ1n) is 12.1. The predicted molar refractivity (Wildman–Crippen MR) is 131 cm³/mol. The third kappa shape index (κ3) is 3.05. The summed E-state index contributed by atoms with van der Waals surface area (Å²) in [5.41, 5.74) is 5.10.